The highest BCUT2D eigenvalue weighted by atomic mass is 19.4. The van der Waals surface area contributed by atoms with Crippen molar-refractivity contribution in [2.45, 2.75) is 56.4 Å². The number of likely N-dealkylation sites (tertiary alicyclic amines) is 1. The van der Waals surface area contributed by atoms with Crippen molar-refractivity contribution in [3.05, 3.63) is 31.4 Å². The largest absolute Gasteiger partial charge is 0.508 e. The summed E-state index contributed by atoms with van der Waals surface area (Å²) >= 11 is 0. The number of aliphatic hydroxyl groups excluding tert-OH is 1. The second kappa shape index (κ2) is 6.91. The van der Waals surface area contributed by atoms with E-state index < -0.39 is 66.6 Å². The first-order chi connectivity index (χ1) is 13.9. The van der Waals surface area contributed by atoms with E-state index in [0.717, 1.165) is 4.90 Å². The van der Waals surface area contributed by atoms with Gasteiger partial charge in [-0.1, -0.05) is 0 Å². The van der Waals surface area contributed by atoms with Crippen molar-refractivity contribution in [2.24, 2.45) is 11.7 Å². The highest BCUT2D eigenvalue weighted by Crippen LogP contribution is 2.36. The first kappa shape index (κ1) is 21.0. The van der Waals surface area contributed by atoms with E-state index in [2.05, 4.69) is 4.98 Å². The van der Waals surface area contributed by atoms with Gasteiger partial charge in [0.05, 0.1) is 11.4 Å². The molecule has 0 bridgehead atoms. The molecular formula is C18H21F5N4O3. The molecule has 12 heteroatoms. The third-order valence-electron chi connectivity index (χ3n) is 6.22. The van der Waals surface area contributed by atoms with Gasteiger partial charge >= 0.3 is 11.9 Å². The zero-order valence-electron chi connectivity index (χ0n) is 15.9. The lowest BCUT2D eigenvalue weighted by molar-refractivity contribution is -0.161. The molecule has 5 unspecified atom stereocenters. The van der Waals surface area contributed by atoms with Crippen molar-refractivity contribution in [2.75, 3.05) is 13.1 Å². The molecule has 3 aliphatic rings. The maximum absolute atomic E-state index is 15.2. The minimum absolute atomic E-state index is 0.0432. The SMILES string of the molecule is CC1=c2c(c(=O)[nH]c(=O)n2C2CC2)=C(O)C(F)C1N1CC(F)C(C(N)C(F)(F)F)C1. The molecule has 7 nitrogen and oxygen atoms in total. The van der Waals surface area contributed by atoms with Crippen molar-refractivity contribution in [3.63, 3.8) is 0 Å². The lowest BCUT2D eigenvalue weighted by atomic mass is 9.94. The van der Waals surface area contributed by atoms with E-state index >= 15 is 4.39 Å². The number of H-pyrrole nitrogens is 1. The molecule has 4 rings (SSSR count). The smallest absolute Gasteiger partial charge is 0.404 e. The summed E-state index contributed by atoms with van der Waals surface area (Å²) in [5, 5.41) is 10.1. The minimum Gasteiger partial charge on any atom is -0.508 e. The van der Waals surface area contributed by atoms with E-state index in [-0.39, 0.29) is 22.2 Å². The van der Waals surface area contributed by atoms with Crippen molar-refractivity contribution >= 4 is 11.3 Å². The van der Waals surface area contributed by atoms with Crippen LogP contribution >= 0.6 is 0 Å². The third kappa shape index (κ3) is 3.16. The Morgan fingerprint density at radius 2 is 1.83 bits per heavy atom. The van der Waals surface area contributed by atoms with Crippen molar-refractivity contribution in [1.82, 2.24) is 14.5 Å². The molecule has 30 heavy (non-hydrogen) atoms. The maximum atomic E-state index is 15.2. The van der Waals surface area contributed by atoms with Crippen LogP contribution in [0.5, 0.6) is 0 Å². The molecule has 2 aliphatic carbocycles. The lowest BCUT2D eigenvalue weighted by Crippen LogP contribution is -2.61. The molecule has 2 heterocycles. The molecule has 4 N–H and O–H groups in total. The van der Waals surface area contributed by atoms with Crippen LogP contribution in [0.2, 0.25) is 0 Å². The molecule has 166 valence electrons. The molecule has 0 radical (unpaired) electrons. The summed E-state index contributed by atoms with van der Waals surface area (Å²) in [6, 6.07) is -3.98. The van der Waals surface area contributed by atoms with Gasteiger partial charge in [0, 0.05) is 25.0 Å². The van der Waals surface area contributed by atoms with E-state index in [1.807, 2.05) is 0 Å². The zero-order valence-corrected chi connectivity index (χ0v) is 15.9. The summed E-state index contributed by atoms with van der Waals surface area (Å²) in [4.78, 5) is 27.8. The Kier molecular flexibility index (Phi) is 4.84. The Bertz CT molecular complexity index is 1110. The Morgan fingerprint density at radius 1 is 1.20 bits per heavy atom. The molecule has 1 aromatic rings. The monoisotopic (exact) mass is 436 g/mol. The summed E-state index contributed by atoms with van der Waals surface area (Å²) in [6.07, 6.45) is -7.64. The number of rotatable bonds is 3. The quantitative estimate of drug-likeness (QED) is 0.559. The number of fused-ring (bicyclic) bond motifs is 1. The van der Waals surface area contributed by atoms with E-state index in [0.29, 0.717) is 12.8 Å². The number of halogens is 5. The molecule has 1 aliphatic heterocycles. The predicted octanol–water partition coefficient (Wildman–Crippen LogP) is -0.412. The molecular weight excluding hydrogens is 415 g/mol. The summed E-state index contributed by atoms with van der Waals surface area (Å²) in [5.74, 6) is -2.52. The van der Waals surface area contributed by atoms with Crippen LogP contribution in [0.4, 0.5) is 22.0 Å². The summed E-state index contributed by atoms with van der Waals surface area (Å²) in [6.45, 7) is 0.435. The Morgan fingerprint density at radius 3 is 2.40 bits per heavy atom. The van der Waals surface area contributed by atoms with Crippen LogP contribution in [0, 0.1) is 5.92 Å². The van der Waals surface area contributed by atoms with Gasteiger partial charge in [-0.15, -0.1) is 0 Å². The van der Waals surface area contributed by atoms with Crippen LogP contribution in [-0.4, -0.2) is 63.3 Å². The van der Waals surface area contributed by atoms with E-state index in [1.54, 1.807) is 0 Å². The van der Waals surface area contributed by atoms with Crippen LogP contribution < -0.4 is 27.6 Å². The molecule has 0 aromatic carbocycles. The molecule has 1 saturated carbocycles. The Hall–Kier alpha value is -2.21. The van der Waals surface area contributed by atoms with Gasteiger partial charge in [0.15, 0.2) is 6.17 Å². The zero-order chi connectivity index (χ0) is 22.1. The summed E-state index contributed by atoms with van der Waals surface area (Å²) in [7, 11) is 0. The van der Waals surface area contributed by atoms with Gasteiger partial charge in [-0.25, -0.2) is 13.6 Å². The highest BCUT2D eigenvalue weighted by molar-refractivity contribution is 5.60. The molecule has 2 fully saturated rings. The number of hydrogen-bond donors (Lipinski definition) is 3. The van der Waals surface area contributed by atoms with Crippen molar-refractivity contribution < 1.29 is 27.1 Å². The van der Waals surface area contributed by atoms with Crippen LogP contribution in [-0.2, 0) is 0 Å². The van der Waals surface area contributed by atoms with E-state index in [9.17, 15) is 32.3 Å². The first-order valence-electron chi connectivity index (χ1n) is 9.56. The molecule has 5 atom stereocenters. The average Bonchev–Trinajstić information content (AvgIpc) is 3.40. The number of nitrogens with two attached hydrogens (primary N) is 1. The number of nitrogens with zero attached hydrogens (tertiary/aromatic N) is 2. The standard InChI is InChI=1S/C18H21F5N4O3/c1-6-12-10(16(29)25-17(30)27(12)7-2-3-7)14(28)11(20)13(6)26-4-8(9(19)5-26)15(24)18(21,22)23/h7-9,11,13,15,28H,2-5,24H2,1H3,(H,25,29,30). The minimum atomic E-state index is -4.81. The molecule has 1 saturated heterocycles. The summed E-state index contributed by atoms with van der Waals surface area (Å²) < 4.78 is 69.8. The number of aromatic nitrogens is 2. The number of nitrogens with one attached hydrogen (secondary N) is 1. The van der Waals surface area contributed by atoms with Gasteiger partial charge in [0.25, 0.3) is 5.56 Å². The average molecular weight is 436 g/mol. The summed E-state index contributed by atoms with van der Waals surface area (Å²) in [5.41, 5.74) is 3.70. The normalized spacial score (nSPS) is 31.2. The Labute approximate surface area is 166 Å². The fourth-order valence-electron chi connectivity index (χ4n) is 4.59. The second-order valence-electron chi connectivity index (χ2n) is 8.20. The van der Waals surface area contributed by atoms with Gasteiger partial charge in [0.1, 0.15) is 23.2 Å². The Balaban J connectivity index is 1.84. The van der Waals surface area contributed by atoms with Crippen LogP contribution in [0.25, 0.3) is 11.3 Å². The second-order valence-corrected chi connectivity index (χ2v) is 8.20. The molecule has 1 aromatic heterocycles. The fraction of sp³-hybridized carbons (Fsp3) is 0.667. The van der Waals surface area contributed by atoms with Crippen molar-refractivity contribution in [3.8, 4) is 0 Å². The molecule has 0 spiro atoms. The van der Waals surface area contributed by atoms with Crippen molar-refractivity contribution in [1.29, 1.82) is 0 Å². The van der Waals surface area contributed by atoms with Gasteiger partial charge < -0.3 is 10.8 Å². The maximum Gasteiger partial charge on any atom is 0.404 e. The number of aliphatic hydroxyl groups is 1. The first-order valence-corrected chi connectivity index (χ1v) is 9.56. The van der Waals surface area contributed by atoms with Gasteiger partial charge in [0.2, 0.25) is 0 Å². The number of hydrogen-bond acceptors (Lipinski definition) is 5. The van der Waals surface area contributed by atoms with Gasteiger partial charge in [-0.05, 0) is 25.3 Å². The third-order valence-corrected chi connectivity index (χ3v) is 6.22. The van der Waals surface area contributed by atoms with Crippen LogP contribution in [0.1, 0.15) is 25.8 Å². The number of alkyl halides is 5. The van der Waals surface area contributed by atoms with Gasteiger partial charge in [-0.2, -0.15) is 13.2 Å². The predicted molar refractivity (Wildman–Crippen MR) is 96.6 cm³/mol. The van der Waals surface area contributed by atoms with E-state index in [1.165, 1.54) is 11.5 Å². The topological polar surface area (TPSA) is 104 Å². The van der Waals surface area contributed by atoms with E-state index in [4.69, 9.17) is 5.73 Å². The fourth-order valence-corrected chi connectivity index (χ4v) is 4.59. The lowest BCUT2D eigenvalue weighted by Gasteiger charge is -2.34. The molecule has 0 amide bonds. The van der Waals surface area contributed by atoms with Gasteiger partial charge in [-0.3, -0.25) is 19.2 Å². The number of aromatic amines is 1. The van der Waals surface area contributed by atoms with Crippen LogP contribution in [0.15, 0.2) is 9.59 Å². The highest BCUT2D eigenvalue weighted by Gasteiger charge is 2.51. The van der Waals surface area contributed by atoms with Crippen LogP contribution in [0.3, 0.4) is 0 Å².